The standard InChI is InChI=1S/C12H11IN2O3/c1-9-7-11(18-12(16)17-8-13)15(14-9)10-5-3-2-4-6-10/h2-7H,8H2,1H3. The van der Waals surface area contributed by atoms with Crippen LogP contribution in [0.2, 0.25) is 0 Å². The van der Waals surface area contributed by atoms with Crippen molar-refractivity contribution in [2.24, 2.45) is 0 Å². The topological polar surface area (TPSA) is 53.4 Å². The van der Waals surface area contributed by atoms with E-state index in [1.54, 1.807) is 10.7 Å². The highest BCUT2D eigenvalue weighted by Gasteiger charge is 2.13. The predicted molar refractivity (Wildman–Crippen MR) is 74.3 cm³/mol. The smallest absolute Gasteiger partial charge is 0.423 e. The van der Waals surface area contributed by atoms with Crippen LogP contribution in [0.5, 0.6) is 5.88 Å². The van der Waals surface area contributed by atoms with Crippen molar-refractivity contribution in [3.8, 4) is 11.6 Å². The number of carbonyl (C=O) groups is 1. The molecule has 1 aromatic carbocycles. The number of carbonyl (C=O) groups excluding carboxylic acids is 1. The van der Waals surface area contributed by atoms with E-state index in [9.17, 15) is 4.79 Å². The Hall–Kier alpha value is -1.57. The third kappa shape index (κ3) is 3.00. The van der Waals surface area contributed by atoms with E-state index in [4.69, 9.17) is 9.47 Å². The lowest BCUT2D eigenvalue weighted by Gasteiger charge is -2.06. The first-order chi connectivity index (χ1) is 8.70. The van der Waals surface area contributed by atoms with E-state index in [1.165, 1.54) is 0 Å². The molecule has 0 bridgehead atoms. The van der Waals surface area contributed by atoms with E-state index < -0.39 is 6.16 Å². The minimum atomic E-state index is -0.735. The molecule has 0 amide bonds. The van der Waals surface area contributed by atoms with Crippen LogP contribution >= 0.6 is 22.6 Å². The summed E-state index contributed by atoms with van der Waals surface area (Å²) in [6, 6.07) is 11.1. The molecule has 0 atom stereocenters. The molecular weight excluding hydrogens is 347 g/mol. The summed E-state index contributed by atoms with van der Waals surface area (Å²) in [7, 11) is 0. The van der Waals surface area contributed by atoms with Crippen LogP contribution in [-0.2, 0) is 4.74 Å². The number of rotatable bonds is 3. The number of para-hydroxylation sites is 1. The summed E-state index contributed by atoms with van der Waals surface area (Å²) >= 11 is 1.93. The van der Waals surface area contributed by atoms with Gasteiger partial charge in [0.05, 0.1) is 11.4 Å². The largest absolute Gasteiger partial charge is 0.515 e. The number of ether oxygens (including phenoxy) is 2. The van der Waals surface area contributed by atoms with E-state index >= 15 is 0 Å². The average Bonchev–Trinajstić information content (AvgIpc) is 2.71. The first kappa shape index (κ1) is 12.9. The molecule has 0 saturated carbocycles. The molecule has 2 rings (SSSR count). The molecule has 5 nitrogen and oxygen atoms in total. The molecule has 0 aliphatic heterocycles. The highest BCUT2D eigenvalue weighted by atomic mass is 127. The van der Waals surface area contributed by atoms with Gasteiger partial charge in [0, 0.05) is 6.07 Å². The zero-order chi connectivity index (χ0) is 13.0. The van der Waals surface area contributed by atoms with E-state index in [0.29, 0.717) is 5.88 Å². The maximum absolute atomic E-state index is 11.3. The molecule has 18 heavy (non-hydrogen) atoms. The van der Waals surface area contributed by atoms with E-state index in [-0.39, 0.29) is 4.61 Å². The average molecular weight is 358 g/mol. The number of benzene rings is 1. The third-order valence-electron chi connectivity index (χ3n) is 2.16. The monoisotopic (exact) mass is 358 g/mol. The van der Waals surface area contributed by atoms with Gasteiger partial charge in [-0.1, -0.05) is 18.2 Å². The molecule has 1 aromatic heterocycles. The number of nitrogens with zero attached hydrogens (tertiary/aromatic N) is 2. The van der Waals surface area contributed by atoms with Gasteiger partial charge < -0.3 is 9.47 Å². The van der Waals surface area contributed by atoms with Gasteiger partial charge in [-0.05, 0) is 41.6 Å². The molecule has 0 aliphatic rings. The lowest BCUT2D eigenvalue weighted by molar-refractivity contribution is 0.116. The molecule has 0 fully saturated rings. The van der Waals surface area contributed by atoms with Crippen molar-refractivity contribution in [3.63, 3.8) is 0 Å². The summed E-state index contributed by atoms with van der Waals surface area (Å²) in [5.74, 6) is 0.341. The number of aromatic nitrogens is 2. The van der Waals surface area contributed by atoms with Crippen molar-refractivity contribution < 1.29 is 14.3 Å². The van der Waals surface area contributed by atoms with Gasteiger partial charge in [-0.2, -0.15) is 5.10 Å². The number of hydrogen-bond acceptors (Lipinski definition) is 4. The van der Waals surface area contributed by atoms with Gasteiger partial charge in [-0.3, -0.25) is 0 Å². The van der Waals surface area contributed by atoms with Gasteiger partial charge in [-0.25, -0.2) is 9.48 Å². The summed E-state index contributed by atoms with van der Waals surface area (Å²) in [5, 5.41) is 4.28. The second-order valence-electron chi connectivity index (χ2n) is 3.48. The Labute approximate surface area is 118 Å². The second kappa shape index (κ2) is 5.85. The number of halogens is 1. The Morgan fingerprint density at radius 3 is 2.78 bits per heavy atom. The van der Waals surface area contributed by atoms with Gasteiger partial charge >= 0.3 is 6.16 Å². The van der Waals surface area contributed by atoms with Crippen LogP contribution in [-0.4, -0.2) is 20.5 Å². The molecule has 1 heterocycles. The fourth-order valence-electron chi connectivity index (χ4n) is 1.46. The summed E-state index contributed by atoms with van der Waals surface area (Å²) < 4.78 is 11.6. The Balaban J connectivity index is 2.29. The number of hydrogen-bond donors (Lipinski definition) is 0. The maximum Gasteiger partial charge on any atom is 0.515 e. The third-order valence-corrected chi connectivity index (χ3v) is 2.47. The SMILES string of the molecule is Cc1cc(OC(=O)OCI)n(-c2ccccc2)n1. The van der Waals surface area contributed by atoms with Crippen molar-refractivity contribution in [3.05, 3.63) is 42.1 Å². The Morgan fingerprint density at radius 2 is 2.11 bits per heavy atom. The molecule has 0 N–H and O–H groups in total. The number of aryl methyl sites for hydroxylation is 1. The quantitative estimate of drug-likeness (QED) is 0.481. The summed E-state index contributed by atoms with van der Waals surface area (Å²) in [5.41, 5.74) is 1.58. The van der Waals surface area contributed by atoms with Gasteiger partial charge in [0.1, 0.15) is 4.61 Å². The Morgan fingerprint density at radius 1 is 1.39 bits per heavy atom. The van der Waals surface area contributed by atoms with Crippen molar-refractivity contribution in [2.75, 3.05) is 4.61 Å². The van der Waals surface area contributed by atoms with Crippen LogP contribution in [0.4, 0.5) is 4.79 Å². The molecule has 0 aliphatic carbocycles. The van der Waals surface area contributed by atoms with Crippen LogP contribution in [0, 0.1) is 6.92 Å². The van der Waals surface area contributed by atoms with Crippen molar-refractivity contribution in [1.82, 2.24) is 9.78 Å². The molecule has 6 heteroatoms. The Bertz CT molecular complexity index is 540. The summed E-state index contributed by atoms with van der Waals surface area (Å²) in [6.45, 7) is 1.83. The molecule has 0 saturated heterocycles. The highest BCUT2D eigenvalue weighted by molar-refractivity contribution is 14.1. The van der Waals surface area contributed by atoms with Crippen LogP contribution in [0.1, 0.15) is 5.69 Å². The first-order valence-electron chi connectivity index (χ1n) is 5.23. The molecule has 0 spiro atoms. The summed E-state index contributed by atoms with van der Waals surface area (Å²) in [4.78, 5) is 11.3. The molecule has 2 aromatic rings. The molecule has 94 valence electrons. The minimum absolute atomic E-state index is 0.245. The fraction of sp³-hybridized carbons (Fsp3) is 0.167. The molecule has 0 radical (unpaired) electrons. The van der Waals surface area contributed by atoms with E-state index in [1.807, 2.05) is 59.8 Å². The van der Waals surface area contributed by atoms with Crippen molar-refractivity contribution in [2.45, 2.75) is 6.92 Å². The second-order valence-corrected chi connectivity index (χ2v) is 4.10. The molecular formula is C12H11IN2O3. The van der Waals surface area contributed by atoms with Crippen molar-refractivity contribution in [1.29, 1.82) is 0 Å². The first-order valence-corrected chi connectivity index (χ1v) is 6.76. The van der Waals surface area contributed by atoms with Crippen LogP contribution in [0.25, 0.3) is 5.69 Å². The number of alkyl halides is 1. The molecule has 0 unspecified atom stereocenters. The van der Waals surface area contributed by atoms with Gasteiger partial charge in [-0.15, -0.1) is 0 Å². The van der Waals surface area contributed by atoms with Crippen LogP contribution < -0.4 is 4.74 Å². The lowest BCUT2D eigenvalue weighted by Crippen LogP contribution is -2.12. The van der Waals surface area contributed by atoms with Gasteiger partial charge in [0.2, 0.25) is 5.88 Å². The lowest BCUT2D eigenvalue weighted by atomic mass is 10.3. The zero-order valence-electron chi connectivity index (χ0n) is 9.67. The Kier molecular flexibility index (Phi) is 4.19. The highest BCUT2D eigenvalue weighted by Crippen LogP contribution is 2.19. The fourth-order valence-corrected chi connectivity index (χ4v) is 1.72. The van der Waals surface area contributed by atoms with Crippen LogP contribution in [0.3, 0.4) is 0 Å². The van der Waals surface area contributed by atoms with Gasteiger partial charge in [0.25, 0.3) is 0 Å². The van der Waals surface area contributed by atoms with Crippen molar-refractivity contribution >= 4 is 28.7 Å². The maximum atomic E-state index is 11.3. The summed E-state index contributed by atoms with van der Waals surface area (Å²) in [6.07, 6.45) is -0.735. The van der Waals surface area contributed by atoms with E-state index in [2.05, 4.69) is 5.10 Å². The normalized spacial score (nSPS) is 10.1. The zero-order valence-corrected chi connectivity index (χ0v) is 11.8. The minimum Gasteiger partial charge on any atom is -0.423 e. The van der Waals surface area contributed by atoms with Crippen LogP contribution in [0.15, 0.2) is 36.4 Å². The predicted octanol–water partition coefficient (Wildman–Crippen LogP) is 3.09. The van der Waals surface area contributed by atoms with Gasteiger partial charge in [0.15, 0.2) is 0 Å². The van der Waals surface area contributed by atoms with E-state index in [0.717, 1.165) is 11.4 Å².